The van der Waals surface area contributed by atoms with Crippen LogP contribution in [0, 0.1) is 11.3 Å². The normalized spacial score (nSPS) is 14.5. The fourth-order valence-corrected chi connectivity index (χ4v) is 2.03. The molecule has 0 saturated heterocycles. The summed E-state index contributed by atoms with van der Waals surface area (Å²) in [6.45, 7) is 11.8. The smallest absolute Gasteiger partial charge is 0.0329 e. The van der Waals surface area contributed by atoms with Gasteiger partial charge >= 0.3 is 0 Å². The van der Waals surface area contributed by atoms with Gasteiger partial charge in [0.15, 0.2) is 0 Å². The number of hydrogen-bond acceptors (Lipinski definition) is 0. The lowest BCUT2D eigenvalue weighted by molar-refractivity contribution is 0.221. The standard InChI is InChI=1S/C13H28/c1-6-9-10-12(4)11-13(5,7-2)8-3/h12H,6-11H2,1-5H3. The monoisotopic (exact) mass is 184 g/mol. The molecule has 0 aliphatic heterocycles. The van der Waals surface area contributed by atoms with Gasteiger partial charge in [0, 0.05) is 0 Å². The van der Waals surface area contributed by atoms with E-state index in [1.54, 1.807) is 0 Å². The molecule has 0 fully saturated rings. The second-order valence-electron chi connectivity index (χ2n) is 4.97. The van der Waals surface area contributed by atoms with Gasteiger partial charge in [-0.15, -0.1) is 0 Å². The molecule has 80 valence electrons. The summed E-state index contributed by atoms with van der Waals surface area (Å²) in [7, 11) is 0. The molecule has 0 heteroatoms. The van der Waals surface area contributed by atoms with Crippen molar-refractivity contribution in [2.45, 2.75) is 73.1 Å². The van der Waals surface area contributed by atoms with E-state index < -0.39 is 0 Å². The quantitative estimate of drug-likeness (QED) is 0.520. The molecule has 0 aromatic carbocycles. The molecular weight excluding hydrogens is 156 g/mol. The van der Waals surface area contributed by atoms with Gasteiger partial charge in [0.05, 0.1) is 0 Å². The molecule has 0 aromatic rings. The van der Waals surface area contributed by atoms with Gasteiger partial charge in [0.2, 0.25) is 0 Å². The van der Waals surface area contributed by atoms with Crippen LogP contribution >= 0.6 is 0 Å². The summed E-state index contributed by atoms with van der Waals surface area (Å²) in [6.07, 6.45) is 8.26. The molecule has 0 radical (unpaired) electrons. The Labute approximate surface area is 85.1 Å². The van der Waals surface area contributed by atoms with Crippen LogP contribution in [0.2, 0.25) is 0 Å². The lowest BCUT2D eigenvalue weighted by Gasteiger charge is -2.30. The van der Waals surface area contributed by atoms with E-state index in [0.717, 1.165) is 5.92 Å². The SMILES string of the molecule is CCCCC(C)CC(C)(CC)CC. The van der Waals surface area contributed by atoms with Crippen LogP contribution in [-0.4, -0.2) is 0 Å². The van der Waals surface area contributed by atoms with Gasteiger partial charge in [0.25, 0.3) is 0 Å². The molecule has 1 unspecified atom stereocenters. The molecule has 0 aliphatic carbocycles. The Kier molecular flexibility index (Phi) is 6.45. The minimum Gasteiger partial charge on any atom is -0.0654 e. The van der Waals surface area contributed by atoms with Crippen molar-refractivity contribution in [3.05, 3.63) is 0 Å². The van der Waals surface area contributed by atoms with Crippen molar-refractivity contribution < 1.29 is 0 Å². The van der Waals surface area contributed by atoms with Crippen molar-refractivity contribution in [2.24, 2.45) is 11.3 Å². The van der Waals surface area contributed by atoms with E-state index in [0.29, 0.717) is 5.41 Å². The molecule has 0 heterocycles. The third-order valence-corrected chi connectivity index (χ3v) is 3.60. The lowest BCUT2D eigenvalue weighted by Crippen LogP contribution is -2.17. The minimum absolute atomic E-state index is 0.604. The summed E-state index contributed by atoms with van der Waals surface area (Å²) in [5.41, 5.74) is 0.604. The summed E-state index contributed by atoms with van der Waals surface area (Å²) >= 11 is 0. The number of rotatable bonds is 7. The Balaban J connectivity index is 3.79. The molecule has 0 bridgehead atoms. The minimum atomic E-state index is 0.604. The Morgan fingerprint density at radius 2 is 1.62 bits per heavy atom. The third-order valence-electron chi connectivity index (χ3n) is 3.60. The summed E-state index contributed by atoms with van der Waals surface area (Å²) in [6, 6.07) is 0. The van der Waals surface area contributed by atoms with Crippen LogP contribution in [-0.2, 0) is 0 Å². The molecule has 0 N–H and O–H groups in total. The highest BCUT2D eigenvalue weighted by atomic mass is 14.3. The number of unbranched alkanes of at least 4 members (excludes halogenated alkanes) is 1. The van der Waals surface area contributed by atoms with Crippen LogP contribution in [0.5, 0.6) is 0 Å². The largest absolute Gasteiger partial charge is 0.0654 e. The zero-order valence-electron chi connectivity index (χ0n) is 10.3. The lowest BCUT2D eigenvalue weighted by atomic mass is 9.76. The molecule has 0 saturated carbocycles. The maximum atomic E-state index is 2.44. The van der Waals surface area contributed by atoms with Crippen LogP contribution < -0.4 is 0 Å². The van der Waals surface area contributed by atoms with E-state index in [1.807, 2.05) is 0 Å². The summed E-state index contributed by atoms with van der Waals surface area (Å²) in [5, 5.41) is 0. The van der Waals surface area contributed by atoms with Crippen LogP contribution in [0.1, 0.15) is 73.1 Å². The molecule has 0 nitrogen and oxygen atoms in total. The van der Waals surface area contributed by atoms with E-state index in [1.165, 1.54) is 38.5 Å². The van der Waals surface area contributed by atoms with E-state index in [2.05, 4.69) is 34.6 Å². The van der Waals surface area contributed by atoms with Crippen LogP contribution in [0.15, 0.2) is 0 Å². The molecule has 13 heavy (non-hydrogen) atoms. The van der Waals surface area contributed by atoms with Gasteiger partial charge in [-0.2, -0.15) is 0 Å². The van der Waals surface area contributed by atoms with Crippen molar-refractivity contribution in [3.8, 4) is 0 Å². The topological polar surface area (TPSA) is 0 Å². The average Bonchev–Trinajstić information content (AvgIpc) is 2.14. The summed E-state index contributed by atoms with van der Waals surface area (Å²) < 4.78 is 0. The first-order valence-electron chi connectivity index (χ1n) is 6.08. The van der Waals surface area contributed by atoms with E-state index in [9.17, 15) is 0 Å². The Morgan fingerprint density at radius 3 is 2.00 bits per heavy atom. The first kappa shape index (κ1) is 13.0. The van der Waals surface area contributed by atoms with Gasteiger partial charge < -0.3 is 0 Å². The maximum Gasteiger partial charge on any atom is -0.0329 e. The Hall–Kier alpha value is 0. The van der Waals surface area contributed by atoms with Crippen LogP contribution in [0.4, 0.5) is 0 Å². The van der Waals surface area contributed by atoms with E-state index in [-0.39, 0.29) is 0 Å². The van der Waals surface area contributed by atoms with E-state index >= 15 is 0 Å². The van der Waals surface area contributed by atoms with Gasteiger partial charge in [0.1, 0.15) is 0 Å². The molecular formula is C13H28. The molecule has 0 rings (SSSR count). The molecule has 1 atom stereocenters. The van der Waals surface area contributed by atoms with Crippen molar-refractivity contribution in [1.82, 2.24) is 0 Å². The van der Waals surface area contributed by atoms with Crippen molar-refractivity contribution in [1.29, 1.82) is 0 Å². The predicted octanol–water partition coefficient (Wildman–Crippen LogP) is 5.03. The van der Waals surface area contributed by atoms with Crippen molar-refractivity contribution in [3.63, 3.8) is 0 Å². The summed E-state index contributed by atoms with van der Waals surface area (Å²) in [4.78, 5) is 0. The zero-order valence-corrected chi connectivity index (χ0v) is 10.3. The van der Waals surface area contributed by atoms with Crippen molar-refractivity contribution in [2.75, 3.05) is 0 Å². The highest BCUT2D eigenvalue weighted by Crippen LogP contribution is 2.34. The van der Waals surface area contributed by atoms with E-state index in [4.69, 9.17) is 0 Å². The number of hydrogen-bond donors (Lipinski definition) is 0. The fourth-order valence-electron chi connectivity index (χ4n) is 2.03. The Bertz CT molecular complexity index is 111. The van der Waals surface area contributed by atoms with Crippen molar-refractivity contribution >= 4 is 0 Å². The van der Waals surface area contributed by atoms with Gasteiger partial charge in [-0.3, -0.25) is 0 Å². The highest BCUT2D eigenvalue weighted by Gasteiger charge is 2.21. The Morgan fingerprint density at radius 1 is 1.08 bits per heavy atom. The second kappa shape index (κ2) is 6.45. The first-order valence-corrected chi connectivity index (χ1v) is 6.08. The molecule has 0 aromatic heterocycles. The fraction of sp³-hybridized carbons (Fsp3) is 1.00. The van der Waals surface area contributed by atoms with Gasteiger partial charge in [-0.25, -0.2) is 0 Å². The molecule has 0 amide bonds. The summed E-state index contributed by atoms with van der Waals surface area (Å²) in [5.74, 6) is 0.921. The third kappa shape index (κ3) is 5.33. The van der Waals surface area contributed by atoms with Gasteiger partial charge in [-0.05, 0) is 17.8 Å². The maximum absolute atomic E-state index is 2.44. The highest BCUT2D eigenvalue weighted by molar-refractivity contribution is 4.73. The predicted molar refractivity (Wildman–Crippen MR) is 62.0 cm³/mol. The second-order valence-corrected chi connectivity index (χ2v) is 4.97. The van der Waals surface area contributed by atoms with Crippen LogP contribution in [0.25, 0.3) is 0 Å². The van der Waals surface area contributed by atoms with Gasteiger partial charge in [-0.1, -0.05) is 66.7 Å². The van der Waals surface area contributed by atoms with Crippen LogP contribution in [0.3, 0.4) is 0 Å². The zero-order chi connectivity index (χ0) is 10.3. The average molecular weight is 184 g/mol. The first-order chi connectivity index (χ1) is 6.08. The molecule has 0 aliphatic rings. The molecule has 0 spiro atoms.